The van der Waals surface area contributed by atoms with Gasteiger partial charge in [0.2, 0.25) is 0 Å². The zero-order valence-electron chi connectivity index (χ0n) is 12.2. The van der Waals surface area contributed by atoms with Gasteiger partial charge in [-0.3, -0.25) is 9.69 Å². The topological polar surface area (TPSA) is 93.1 Å². The molecule has 0 saturated carbocycles. The number of rotatable bonds is 3. The Labute approximate surface area is 117 Å². The van der Waals surface area contributed by atoms with E-state index < -0.39 is 35.7 Å². The molecule has 1 aliphatic rings. The number of esters is 1. The number of amides is 1. The van der Waals surface area contributed by atoms with Crippen LogP contribution in [0.4, 0.5) is 4.79 Å². The van der Waals surface area contributed by atoms with E-state index in [0.717, 1.165) is 4.90 Å². The van der Waals surface area contributed by atoms with Crippen LogP contribution in [0.25, 0.3) is 0 Å². The number of carbonyl (C=O) groups is 3. The van der Waals surface area contributed by atoms with Gasteiger partial charge in [0.25, 0.3) is 0 Å². The summed E-state index contributed by atoms with van der Waals surface area (Å²) in [6.45, 7) is 5.10. The van der Waals surface area contributed by atoms with Gasteiger partial charge in [-0.15, -0.1) is 0 Å². The highest BCUT2D eigenvalue weighted by Crippen LogP contribution is 2.29. The average molecular weight is 287 g/mol. The number of hydrogen-bond donors (Lipinski definition) is 1. The van der Waals surface area contributed by atoms with Crippen LogP contribution >= 0.6 is 0 Å². The van der Waals surface area contributed by atoms with E-state index in [0.29, 0.717) is 12.8 Å². The highest BCUT2D eigenvalue weighted by molar-refractivity contribution is 5.82. The van der Waals surface area contributed by atoms with Gasteiger partial charge in [0, 0.05) is 6.04 Å². The van der Waals surface area contributed by atoms with E-state index in [1.807, 2.05) is 0 Å². The molecule has 0 spiro atoms. The lowest BCUT2D eigenvalue weighted by molar-refractivity contribution is -0.145. The summed E-state index contributed by atoms with van der Waals surface area (Å²) in [6.07, 6.45) is -0.00236. The van der Waals surface area contributed by atoms with Crippen LogP contribution in [0.5, 0.6) is 0 Å². The van der Waals surface area contributed by atoms with Gasteiger partial charge in [-0.2, -0.15) is 0 Å². The summed E-state index contributed by atoms with van der Waals surface area (Å²) in [5, 5.41) is 9.17. The maximum Gasteiger partial charge on any atom is 0.411 e. The van der Waals surface area contributed by atoms with Crippen molar-refractivity contribution in [2.45, 2.75) is 57.7 Å². The molecule has 7 heteroatoms. The molecule has 1 N–H and O–H groups in total. The Balaban J connectivity index is 2.88. The molecule has 114 valence electrons. The highest BCUT2D eigenvalue weighted by atomic mass is 16.6. The van der Waals surface area contributed by atoms with Crippen molar-refractivity contribution in [3.05, 3.63) is 0 Å². The van der Waals surface area contributed by atoms with E-state index in [1.54, 1.807) is 20.8 Å². The first-order valence-corrected chi connectivity index (χ1v) is 6.46. The minimum Gasteiger partial charge on any atom is -0.480 e. The van der Waals surface area contributed by atoms with E-state index in [-0.39, 0.29) is 6.42 Å². The van der Waals surface area contributed by atoms with Crippen molar-refractivity contribution >= 4 is 18.0 Å². The number of carboxylic acid groups (broad SMARTS) is 1. The van der Waals surface area contributed by atoms with Crippen molar-refractivity contribution in [1.29, 1.82) is 0 Å². The van der Waals surface area contributed by atoms with Crippen molar-refractivity contribution in [3.63, 3.8) is 0 Å². The molecule has 2 atom stereocenters. The second-order valence-electron chi connectivity index (χ2n) is 5.75. The molecular formula is C13H21NO6. The zero-order valence-corrected chi connectivity index (χ0v) is 12.2. The Morgan fingerprint density at radius 1 is 1.25 bits per heavy atom. The summed E-state index contributed by atoms with van der Waals surface area (Å²) in [5.74, 6) is -1.57. The first-order valence-electron chi connectivity index (χ1n) is 6.46. The molecule has 0 aliphatic carbocycles. The maximum atomic E-state index is 12.1. The van der Waals surface area contributed by atoms with Gasteiger partial charge >= 0.3 is 18.0 Å². The van der Waals surface area contributed by atoms with Crippen molar-refractivity contribution in [3.8, 4) is 0 Å². The largest absolute Gasteiger partial charge is 0.480 e. The number of nitrogens with zero attached hydrogens (tertiary/aromatic N) is 1. The van der Waals surface area contributed by atoms with Gasteiger partial charge in [0.05, 0.1) is 13.5 Å². The van der Waals surface area contributed by atoms with Gasteiger partial charge in [-0.05, 0) is 33.6 Å². The molecule has 1 heterocycles. The molecule has 1 aliphatic heterocycles. The van der Waals surface area contributed by atoms with Crippen LogP contribution in [0.3, 0.4) is 0 Å². The van der Waals surface area contributed by atoms with E-state index in [1.165, 1.54) is 7.11 Å². The average Bonchev–Trinajstić information content (AvgIpc) is 2.70. The van der Waals surface area contributed by atoms with Crippen molar-refractivity contribution in [2.75, 3.05) is 7.11 Å². The third-order valence-corrected chi connectivity index (χ3v) is 3.02. The third-order valence-electron chi connectivity index (χ3n) is 3.02. The minimum atomic E-state index is -1.09. The molecule has 0 aromatic carbocycles. The van der Waals surface area contributed by atoms with Crippen LogP contribution in [-0.4, -0.2) is 52.8 Å². The van der Waals surface area contributed by atoms with Crippen LogP contribution in [-0.2, 0) is 19.1 Å². The van der Waals surface area contributed by atoms with Gasteiger partial charge in [-0.25, -0.2) is 9.59 Å². The monoisotopic (exact) mass is 287 g/mol. The number of likely N-dealkylation sites (tertiary alicyclic amines) is 1. The van der Waals surface area contributed by atoms with Crippen molar-refractivity contribution in [2.24, 2.45) is 0 Å². The predicted octanol–water partition coefficient (Wildman–Crippen LogP) is 1.40. The van der Waals surface area contributed by atoms with Crippen LogP contribution < -0.4 is 0 Å². The fraction of sp³-hybridized carbons (Fsp3) is 0.769. The minimum absolute atomic E-state index is 0.0283. The maximum absolute atomic E-state index is 12.1. The number of aliphatic carboxylic acids is 1. The lowest BCUT2D eigenvalue weighted by Gasteiger charge is -2.30. The fourth-order valence-electron chi connectivity index (χ4n) is 2.19. The summed E-state index contributed by atoms with van der Waals surface area (Å²) in [7, 11) is 1.25. The Morgan fingerprint density at radius 3 is 2.30 bits per heavy atom. The van der Waals surface area contributed by atoms with E-state index in [4.69, 9.17) is 4.74 Å². The Hall–Kier alpha value is -1.79. The van der Waals surface area contributed by atoms with Crippen LogP contribution in [0.1, 0.15) is 40.0 Å². The smallest absolute Gasteiger partial charge is 0.411 e. The molecule has 7 nitrogen and oxygen atoms in total. The zero-order chi connectivity index (χ0) is 15.5. The van der Waals surface area contributed by atoms with E-state index in [2.05, 4.69) is 4.74 Å². The molecule has 0 radical (unpaired) electrons. The molecule has 0 bridgehead atoms. The lowest BCUT2D eigenvalue weighted by atomic mass is 10.1. The second-order valence-corrected chi connectivity index (χ2v) is 5.75. The van der Waals surface area contributed by atoms with Crippen LogP contribution in [0.15, 0.2) is 0 Å². The summed E-state index contributed by atoms with van der Waals surface area (Å²) in [5.41, 5.74) is -0.724. The molecule has 2 unspecified atom stereocenters. The number of methoxy groups -OCH3 is 1. The molecule has 0 aromatic rings. The quantitative estimate of drug-likeness (QED) is 0.789. The first-order chi connectivity index (χ1) is 9.15. The molecule has 1 fully saturated rings. The lowest BCUT2D eigenvalue weighted by Crippen LogP contribution is -2.47. The molecule has 1 rings (SSSR count). The molecule has 0 aromatic heterocycles. The van der Waals surface area contributed by atoms with Crippen LogP contribution in [0.2, 0.25) is 0 Å². The third kappa shape index (κ3) is 4.11. The summed E-state index contributed by atoms with van der Waals surface area (Å²) in [6, 6.07) is -1.46. The fourth-order valence-corrected chi connectivity index (χ4v) is 2.19. The summed E-state index contributed by atoms with van der Waals surface area (Å²) in [4.78, 5) is 35.9. The standard InChI is InChI=1S/C13H21NO6/c1-13(2,3)20-12(18)14-8(7-10(15)19-4)5-6-9(14)11(16)17/h8-9H,5-7H2,1-4H3,(H,16,17). The Bertz CT molecular complexity index is 400. The normalized spacial score (nSPS) is 22.5. The van der Waals surface area contributed by atoms with Gasteiger partial charge in [0.1, 0.15) is 11.6 Å². The number of ether oxygens (including phenoxy) is 2. The SMILES string of the molecule is COC(=O)CC1CCC(C(=O)O)N1C(=O)OC(C)(C)C. The van der Waals surface area contributed by atoms with Crippen molar-refractivity contribution < 1.29 is 29.0 Å². The van der Waals surface area contributed by atoms with Gasteiger partial charge in [0.15, 0.2) is 0 Å². The predicted molar refractivity (Wildman–Crippen MR) is 69.2 cm³/mol. The van der Waals surface area contributed by atoms with Gasteiger partial charge in [-0.1, -0.05) is 0 Å². The summed E-state index contributed by atoms with van der Waals surface area (Å²) >= 11 is 0. The number of carboxylic acids is 1. The van der Waals surface area contributed by atoms with Gasteiger partial charge < -0.3 is 14.6 Å². The summed E-state index contributed by atoms with van der Waals surface area (Å²) < 4.78 is 9.79. The van der Waals surface area contributed by atoms with Crippen LogP contribution in [0, 0.1) is 0 Å². The Morgan fingerprint density at radius 2 is 1.85 bits per heavy atom. The number of hydrogen-bond acceptors (Lipinski definition) is 5. The Kier molecular flexibility index (Phi) is 4.97. The number of carbonyl (C=O) groups excluding carboxylic acids is 2. The molecule has 1 amide bonds. The second kappa shape index (κ2) is 6.11. The van der Waals surface area contributed by atoms with E-state index in [9.17, 15) is 19.5 Å². The molecular weight excluding hydrogens is 266 g/mol. The first kappa shape index (κ1) is 16.3. The van der Waals surface area contributed by atoms with Crippen molar-refractivity contribution in [1.82, 2.24) is 4.90 Å². The molecule has 1 saturated heterocycles. The molecule has 20 heavy (non-hydrogen) atoms. The van der Waals surface area contributed by atoms with E-state index >= 15 is 0 Å². The highest BCUT2D eigenvalue weighted by Gasteiger charge is 2.43.